The number of rotatable bonds is 0. The standard InChI is InChI=1S/C10H22N2OP/c1-9(2,3)11-7-8-12(14(11)13)10(4,5)6/h7-8H2,1-6H3. The van der Waals surface area contributed by atoms with Crippen molar-refractivity contribution in [3.8, 4) is 0 Å². The van der Waals surface area contributed by atoms with E-state index in [1.54, 1.807) is 0 Å². The zero-order valence-electron chi connectivity index (χ0n) is 10.2. The Balaban J connectivity index is 2.80. The number of hydrogen-bond acceptors (Lipinski definition) is 1. The lowest BCUT2D eigenvalue weighted by atomic mass is 10.1. The van der Waals surface area contributed by atoms with Crippen LogP contribution in [0.2, 0.25) is 0 Å². The van der Waals surface area contributed by atoms with Gasteiger partial charge in [0.15, 0.2) is 0 Å². The van der Waals surface area contributed by atoms with Crippen molar-refractivity contribution in [2.45, 2.75) is 52.6 Å². The highest BCUT2D eigenvalue weighted by atomic mass is 31.1. The fourth-order valence-electron chi connectivity index (χ4n) is 1.67. The minimum absolute atomic E-state index is 0.00739. The van der Waals surface area contributed by atoms with Crippen LogP contribution in [0, 0.1) is 0 Å². The highest BCUT2D eigenvalue weighted by molar-refractivity contribution is 7.39. The van der Waals surface area contributed by atoms with Gasteiger partial charge in [0.25, 0.3) is 0 Å². The Hall–Kier alpha value is 0.0200. The molecule has 0 amide bonds. The molecular weight excluding hydrogens is 195 g/mol. The van der Waals surface area contributed by atoms with Gasteiger partial charge in [-0.1, -0.05) is 0 Å². The van der Waals surface area contributed by atoms with Gasteiger partial charge in [-0.3, -0.25) is 4.57 Å². The molecule has 0 aromatic rings. The summed E-state index contributed by atoms with van der Waals surface area (Å²) in [5, 5.41) is 0. The van der Waals surface area contributed by atoms with Gasteiger partial charge in [-0.25, -0.2) is 9.34 Å². The van der Waals surface area contributed by atoms with Crippen molar-refractivity contribution in [3.05, 3.63) is 0 Å². The van der Waals surface area contributed by atoms with E-state index in [0.717, 1.165) is 13.1 Å². The lowest BCUT2D eigenvalue weighted by molar-refractivity contribution is 0.271. The molecule has 0 spiro atoms. The van der Waals surface area contributed by atoms with E-state index < -0.39 is 8.10 Å². The quantitative estimate of drug-likeness (QED) is 0.583. The summed E-state index contributed by atoms with van der Waals surface area (Å²) >= 11 is 0. The summed E-state index contributed by atoms with van der Waals surface area (Å²) in [5.74, 6) is 0. The molecule has 1 aliphatic rings. The molecule has 83 valence electrons. The zero-order chi connectivity index (χ0) is 11.1. The van der Waals surface area contributed by atoms with Gasteiger partial charge in [0.05, 0.1) is 0 Å². The van der Waals surface area contributed by atoms with E-state index in [-0.39, 0.29) is 11.1 Å². The van der Waals surface area contributed by atoms with E-state index >= 15 is 0 Å². The molecule has 1 rings (SSSR count). The van der Waals surface area contributed by atoms with E-state index in [4.69, 9.17) is 0 Å². The van der Waals surface area contributed by atoms with Crippen LogP contribution in [0.1, 0.15) is 41.5 Å². The molecule has 0 bridgehead atoms. The van der Waals surface area contributed by atoms with Crippen LogP contribution in [0.25, 0.3) is 0 Å². The lowest BCUT2D eigenvalue weighted by Crippen LogP contribution is -2.35. The summed E-state index contributed by atoms with van der Waals surface area (Å²) in [4.78, 5) is 0. The molecule has 0 N–H and O–H groups in total. The Morgan fingerprint density at radius 3 is 1.29 bits per heavy atom. The van der Waals surface area contributed by atoms with Crippen LogP contribution in [0.5, 0.6) is 0 Å². The van der Waals surface area contributed by atoms with E-state index in [1.807, 2.05) is 0 Å². The topological polar surface area (TPSA) is 23.6 Å². The van der Waals surface area contributed by atoms with Crippen molar-refractivity contribution in [2.24, 2.45) is 0 Å². The van der Waals surface area contributed by atoms with Gasteiger partial charge in [0.1, 0.15) is 0 Å². The normalized spacial score (nSPS) is 22.0. The third-order valence-electron chi connectivity index (χ3n) is 2.49. The second kappa shape index (κ2) is 3.55. The molecule has 14 heavy (non-hydrogen) atoms. The zero-order valence-corrected chi connectivity index (χ0v) is 11.1. The van der Waals surface area contributed by atoms with E-state index in [0.29, 0.717) is 0 Å². The molecule has 1 heterocycles. The van der Waals surface area contributed by atoms with Crippen LogP contribution >= 0.6 is 8.10 Å². The highest BCUT2D eigenvalue weighted by Gasteiger charge is 2.41. The maximum atomic E-state index is 12.2. The molecule has 1 aliphatic heterocycles. The molecule has 1 fully saturated rings. The monoisotopic (exact) mass is 217 g/mol. The van der Waals surface area contributed by atoms with E-state index in [1.165, 1.54) is 0 Å². The molecule has 0 aromatic carbocycles. The average Bonchev–Trinajstić information content (AvgIpc) is 2.26. The predicted octanol–water partition coefficient (Wildman–Crippen LogP) is 2.86. The fraction of sp³-hybridized carbons (Fsp3) is 1.00. The molecule has 1 saturated heterocycles. The first-order chi connectivity index (χ1) is 6.14. The average molecular weight is 217 g/mol. The molecule has 0 aliphatic carbocycles. The van der Waals surface area contributed by atoms with Crippen molar-refractivity contribution in [2.75, 3.05) is 13.1 Å². The van der Waals surface area contributed by atoms with Crippen LogP contribution in [-0.4, -0.2) is 33.5 Å². The Bertz CT molecular complexity index is 215. The molecule has 4 heteroatoms. The van der Waals surface area contributed by atoms with E-state index in [2.05, 4.69) is 50.9 Å². The lowest BCUT2D eigenvalue weighted by Gasteiger charge is -2.33. The maximum absolute atomic E-state index is 12.2. The van der Waals surface area contributed by atoms with Crippen LogP contribution in [0.3, 0.4) is 0 Å². The summed E-state index contributed by atoms with van der Waals surface area (Å²) in [6.07, 6.45) is 0. The van der Waals surface area contributed by atoms with Crippen LogP contribution in [-0.2, 0) is 4.57 Å². The second-order valence-corrected chi connectivity index (χ2v) is 7.31. The van der Waals surface area contributed by atoms with Crippen LogP contribution in [0.15, 0.2) is 0 Å². The largest absolute Gasteiger partial charge is 0.251 e. The van der Waals surface area contributed by atoms with Gasteiger partial charge in [0.2, 0.25) is 8.10 Å². The number of nitrogens with zero attached hydrogens (tertiary/aromatic N) is 2. The van der Waals surface area contributed by atoms with Gasteiger partial charge in [-0.15, -0.1) is 0 Å². The Morgan fingerprint density at radius 2 is 1.14 bits per heavy atom. The minimum atomic E-state index is -1.35. The summed E-state index contributed by atoms with van der Waals surface area (Å²) in [5.41, 5.74) is 0.0148. The third kappa shape index (κ3) is 2.33. The maximum Gasteiger partial charge on any atom is 0.230 e. The fourth-order valence-corrected chi connectivity index (χ4v) is 3.48. The molecule has 0 atom stereocenters. The molecule has 0 unspecified atom stereocenters. The van der Waals surface area contributed by atoms with Crippen molar-refractivity contribution < 1.29 is 4.57 Å². The van der Waals surface area contributed by atoms with Crippen molar-refractivity contribution in [1.29, 1.82) is 0 Å². The highest BCUT2D eigenvalue weighted by Crippen LogP contribution is 2.46. The van der Waals surface area contributed by atoms with E-state index in [9.17, 15) is 4.57 Å². The summed E-state index contributed by atoms with van der Waals surface area (Å²) in [6.45, 7) is 14.5. The van der Waals surface area contributed by atoms with Crippen LogP contribution < -0.4 is 0 Å². The molecule has 0 saturated carbocycles. The summed E-state index contributed by atoms with van der Waals surface area (Å²) in [7, 11) is -1.35. The molecule has 1 radical (unpaired) electrons. The van der Waals surface area contributed by atoms with Gasteiger partial charge >= 0.3 is 0 Å². The first-order valence-corrected chi connectivity index (χ1v) is 6.33. The van der Waals surface area contributed by atoms with Gasteiger partial charge in [-0.2, -0.15) is 0 Å². The molecule has 0 aromatic heterocycles. The first kappa shape index (κ1) is 12.1. The van der Waals surface area contributed by atoms with Gasteiger partial charge < -0.3 is 0 Å². The van der Waals surface area contributed by atoms with Gasteiger partial charge in [-0.05, 0) is 41.5 Å². The van der Waals surface area contributed by atoms with Crippen LogP contribution in [0.4, 0.5) is 0 Å². The molecule has 3 nitrogen and oxygen atoms in total. The Kier molecular flexibility index (Phi) is 3.07. The third-order valence-corrected chi connectivity index (χ3v) is 4.91. The summed E-state index contributed by atoms with van der Waals surface area (Å²) in [6, 6.07) is 0. The minimum Gasteiger partial charge on any atom is -0.251 e. The first-order valence-electron chi connectivity index (χ1n) is 5.16. The Morgan fingerprint density at radius 1 is 0.857 bits per heavy atom. The smallest absolute Gasteiger partial charge is 0.230 e. The predicted molar refractivity (Wildman–Crippen MR) is 60.5 cm³/mol. The second-order valence-electron chi connectivity index (χ2n) is 5.84. The van der Waals surface area contributed by atoms with Gasteiger partial charge in [0, 0.05) is 24.2 Å². The van der Waals surface area contributed by atoms with Crippen molar-refractivity contribution in [1.82, 2.24) is 9.34 Å². The SMILES string of the molecule is CC(C)(C)N1CCN(C(C)(C)C)[P]1=O. The Labute approximate surface area is 88.4 Å². The summed E-state index contributed by atoms with van der Waals surface area (Å²) < 4.78 is 16.4. The van der Waals surface area contributed by atoms with Crippen molar-refractivity contribution >= 4 is 8.10 Å². The van der Waals surface area contributed by atoms with Crippen molar-refractivity contribution in [3.63, 3.8) is 0 Å². The molecular formula is C10H22N2OP. The number of hydrogen-bond donors (Lipinski definition) is 0.